The molecule has 0 atom stereocenters. The first-order chi connectivity index (χ1) is 8.54. The van der Waals surface area contributed by atoms with E-state index >= 15 is 0 Å². The zero-order chi connectivity index (χ0) is 13.4. The molecular formula is C13H21NO3S. The molecule has 1 aromatic carbocycles. The maximum atomic E-state index is 10.9. The molecule has 0 fully saturated rings. The molecule has 0 bridgehead atoms. The van der Waals surface area contributed by atoms with Gasteiger partial charge in [0.15, 0.2) is 0 Å². The average Bonchev–Trinajstić information content (AvgIpc) is 2.33. The van der Waals surface area contributed by atoms with Gasteiger partial charge in [0.2, 0.25) is 0 Å². The lowest BCUT2D eigenvalue weighted by Crippen LogP contribution is -1.98. The normalized spacial score (nSPS) is 11.7. The number of hydrogen-bond acceptors (Lipinski definition) is 3. The van der Waals surface area contributed by atoms with E-state index in [4.69, 9.17) is 10.3 Å². The Balaban J connectivity index is 2.32. The molecule has 0 aliphatic heterocycles. The summed E-state index contributed by atoms with van der Waals surface area (Å²) in [6, 6.07) is 6.39. The van der Waals surface area contributed by atoms with Crippen LogP contribution in [0.5, 0.6) is 0 Å². The van der Waals surface area contributed by atoms with Crippen LogP contribution in [0.1, 0.15) is 37.7 Å². The second-order valence-electron chi connectivity index (χ2n) is 4.43. The van der Waals surface area contributed by atoms with E-state index in [2.05, 4.69) is 0 Å². The molecule has 4 nitrogen and oxygen atoms in total. The van der Waals surface area contributed by atoms with Gasteiger partial charge in [-0.2, -0.15) is 8.42 Å². The SMILES string of the molecule is NCCCCCCCc1ccc(S(=O)(=O)O)cc1. The molecule has 0 radical (unpaired) electrons. The molecule has 0 spiro atoms. The van der Waals surface area contributed by atoms with Crippen molar-refractivity contribution < 1.29 is 13.0 Å². The van der Waals surface area contributed by atoms with Crippen LogP contribution >= 0.6 is 0 Å². The van der Waals surface area contributed by atoms with Gasteiger partial charge in [-0.3, -0.25) is 4.55 Å². The molecule has 3 N–H and O–H groups in total. The van der Waals surface area contributed by atoms with Crippen LogP contribution in [0.25, 0.3) is 0 Å². The smallest absolute Gasteiger partial charge is 0.294 e. The summed E-state index contributed by atoms with van der Waals surface area (Å²) in [7, 11) is -4.07. The number of nitrogens with two attached hydrogens (primary N) is 1. The van der Waals surface area contributed by atoms with E-state index in [0.29, 0.717) is 0 Å². The average molecular weight is 271 g/mol. The van der Waals surface area contributed by atoms with Crippen molar-refractivity contribution in [1.29, 1.82) is 0 Å². The summed E-state index contributed by atoms with van der Waals surface area (Å²) < 4.78 is 30.5. The standard InChI is InChI=1S/C13H21NO3S/c14-11-5-3-1-2-4-6-12-7-9-13(10-8-12)18(15,16)17/h7-10H,1-6,11,14H2,(H,15,16,17). The van der Waals surface area contributed by atoms with Crippen molar-refractivity contribution in [2.45, 2.75) is 43.4 Å². The molecule has 0 aromatic heterocycles. The third kappa shape index (κ3) is 5.62. The minimum atomic E-state index is -4.07. The van der Waals surface area contributed by atoms with E-state index in [1.165, 1.54) is 31.4 Å². The van der Waals surface area contributed by atoms with Crippen molar-refractivity contribution in [3.05, 3.63) is 29.8 Å². The highest BCUT2D eigenvalue weighted by atomic mass is 32.2. The highest BCUT2D eigenvalue weighted by molar-refractivity contribution is 7.85. The minimum absolute atomic E-state index is 0.0470. The first kappa shape index (κ1) is 15.1. The third-order valence-electron chi connectivity index (χ3n) is 2.89. The van der Waals surface area contributed by atoms with Crippen molar-refractivity contribution in [1.82, 2.24) is 0 Å². The highest BCUT2D eigenvalue weighted by Crippen LogP contribution is 2.13. The molecule has 0 aliphatic carbocycles. The maximum absolute atomic E-state index is 10.9. The van der Waals surface area contributed by atoms with Crippen molar-refractivity contribution >= 4 is 10.1 Å². The Bertz CT molecular complexity index is 440. The topological polar surface area (TPSA) is 80.4 Å². The van der Waals surface area contributed by atoms with Crippen molar-refractivity contribution in [2.24, 2.45) is 5.73 Å². The number of unbranched alkanes of at least 4 members (excludes halogenated alkanes) is 4. The predicted octanol–water partition coefficient (Wildman–Crippen LogP) is 2.39. The molecule has 102 valence electrons. The molecule has 0 saturated heterocycles. The highest BCUT2D eigenvalue weighted by Gasteiger charge is 2.07. The van der Waals surface area contributed by atoms with E-state index < -0.39 is 10.1 Å². The largest absolute Gasteiger partial charge is 0.330 e. The fourth-order valence-electron chi connectivity index (χ4n) is 1.83. The van der Waals surface area contributed by atoms with Gasteiger partial charge >= 0.3 is 0 Å². The van der Waals surface area contributed by atoms with Gasteiger partial charge in [0, 0.05) is 0 Å². The second-order valence-corrected chi connectivity index (χ2v) is 5.85. The molecule has 1 aromatic rings. The minimum Gasteiger partial charge on any atom is -0.330 e. The van der Waals surface area contributed by atoms with Crippen LogP contribution in [-0.2, 0) is 16.5 Å². The van der Waals surface area contributed by atoms with Gasteiger partial charge in [-0.05, 0) is 43.5 Å². The van der Waals surface area contributed by atoms with Gasteiger partial charge in [-0.25, -0.2) is 0 Å². The van der Waals surface area contributed by atoms with E-state index in [1.807, 2.05) is 0 Å². The predicted molar refractivity (Wildman–Crippen MR) is 72.1 cm³/mol. The first-order valence-electron chi connectivity index (χ1n) is 6.30. The van der Waals surface area contributed by atoms with Crippen LogP contribution < -0.4 is 5.73 Å². The lowest BCUT2D eigenvalue weighted by molar-refractivity contribution is 0.483. The maximum Gasteiger partial charge on any atom is 0.294 e. The van der Waals surface area contributed by atoms with Gasteiger partial charge in [0.25, 0.3) is 10.1 Å². The summed E-state index contributed by atoms with van der Waals surface area (Å²) in [5.74, 6) is 0. The van der Waals surface area contributed by atoms with Gasteiger partial charge in [0.05, 0.1) is 4.90 Å². The van der Waals surface area contributed by atoms with Gasteiger partial charge < -0.3 is 5.73 Å². The number of aryl methyl sites for hydroxylation is 1. The van der Waals surface area contributed by atoms with Gasteiger partial charge in [0.1, 0.15) is 0 Å². The molecule has 5 heteroatoms. The Morgan fingerprint density at radius 3 is 2.06 bits per heavy atom. The van der Waals surface area contributed by atoms with Gasteiger partial charge in [-0.1, -0.05) is 31.4 Å². The summed E-state index contributed by atoms with van der Waals surface area (Å²) in [6.45, 7) is 0.761. The van der Waals surface area contributed by atoms with E-state index in [-0.39, 0.29) is 4.90 Å². The summed E-state index contributed by atoms with van der Waals surface area (Å²) in [6.07, 6.45) is 6.66. The van der Waals surface area contributed by atoms with Crippen LogP contribution in [0.4, 0.5) is 0 Å². The number of rotatable bonds is 8. The molecule has 0 heterocycles. The Morgan fingerprint density at radius 1 is 0.944 bits per heavy atom. The molecule has 0 saturated carbocycles. The molecule has 0 aliphatic rings. The monoisotopic (exact) mass is 271 g/mol. The van der Waals surface area contributed by atoms with Crippen molar-refractivity contribution in [3.63, 3.8) is 0 Å². The third-order valence-corrected chi connectivity index (χ3v) is 3.76. The van der Waals surface area contributed by atoms with E-state index in [0.717, 1.165) is 31.4 Å². The lowest BCUT2D eigenvalue weighted by atomic mass is 10.1. The quantitative estimate of drug-likeness (QED) is 0.562. The number of benzene rings is 1. The number of hydrogen-bond donors (Lipinski definition) is 2. The fraction of sp³-hybridized carbons (Fsp3) is 0.538. The zero-order valence-corrected chi connectivity index (χ0v) is 11.3. The van der Waals surface area contributed by atoms with Crippen LogP contribution in [0, 0.1) is 0 Å². The molecule has 1 rings (SSSR count). The summed E-state index contributed by atoms with van der Waals surface area (Å²) in [4.78, 5) is -0.0470. The molecule has 0 amide bonds. The molecular weight excluding hydrogens is 250 g/mol. The molecule has 0 unspecified atom stereocenters. The Morgan fingerprint density at radius 2 is 1.50 bits per heavy atom. The van der Waals surface area contributed by atoms with Crippen LogP contribution in [-0.4, -0.2) is 19.5 Å². The van der Waals surface area contributed by atoms with E-state index in [1.54, 1.807) is 12.1 Å². The fourth-order valence-corrected chi connectivity index (χ4v) is 2.31. The Labute approximate surface area is 109 Å². The Kier molecular flexibility index (Phi) is 6.32. The van der Waals surface area contributed by atoms with Crippen LogP contribution in [0.2, 0.25) is 0 Å². The summed E-state index contributed by atoms with van der Waals surface area (Å²) in [5.41, 5.74) is 6.51. The zero-order valence-electron chi connectivity index (χ0n) is 10.5. The van der Waals surface area contributed by atoms with Crippen LogP contribution in [0.15, 0.2) is 29.2 Å². The second kappa shape index (κ2) is 7.51. The summed E-state index contributed by atoms with van der Waals surface area (Å²) >= 11 is 0. The lowest BCUT2D eigenvalue weighted by Gasteiger charge is -2.03. The van der Waals surface area contributed by atoms with Crippen molar-refractivity contribution in [2.75, 3.05) is 6.54 Å². The summed E-state index contributed by atoms with van der Waals surface area (Å²) in [5, 5.41) is 0. The molecule has 18 heavy (non-hydrogen) atoms. The first-order valence-corrected chi connectivity index (χ1v) is 7.74. The van der Waals surface area contributed by atoms with Crippen molar-refractivity contribution in [3.8, 4) is 0 Å². The van der Waals surface area contributed by atoms with Crippen LogP contribution in [0.3, 0.4) is 0 Å². The Hall–Kier alpha value is -0.910. The van der Waals surface area contributed by atoms with Gasteiger partial charge in [-0.15, -0.1) is 0 Å². The van der Waals surface area contributed by atoms with E-state index in [9.17, 15) is 8.42 Å².